The number of thiocarbonyl (C=S) groups is 1. The first kappa shape index (κ1) is 20.6. The van der Waals surface area contributed by atoms with E-state index in [1.54, 1.807) is 25.1 Å². The Bertz CT molecular complexity index is 1210. The Hall–Kier alpha value is -3.29. The van der Waals surface area contributed by atoms with Crippen molar-refractivity contribution in [3.63, 3.8) is 0 Å². The molecule has 3 heterocycles. The molecule has 0 saturated carbocycles. The number of para-hydroxylation sites is 2. The van der Waals surface area contributed by atoms with Gasteiger partial charge in [0.15, 0.2) is 10.2 Å². The second-order valence-corrected chi connectivity index (χ2v) is 8.70. The number of aromatic nitrogens is 1. The van der Waals surface area contributed by atoms with Gasteiger partial charge in [-0.1, -0.05) is 48.2 Å². The lowest BCUT2D eigenvalue weighted by molar-refractivity contribution is 0.380. The van der Waals surface area contributed by atoms with Crippen LogP contribution < -0.4 is 15.0 Å². The summed E-state index contributed by atoms with van der Waals surface area (Å²) < 4.78 is 12.0. The third-order valence-corrected chi connectivity index (χ3v) is 6.54. The zero-order chi connectivity index (χ0) is 21.9. The topological polar surface area (TPSA) is 50.5 Å². The highest BCUT2D eigenvalue weighted by atomic mass is 32.2. The van der Waals surface area contributed by atoms with Gasteiger partial charge in [-0.25, -0.2) is 0 Å². The van der Waals surface area contributed by atoms with E-state index in [1.165, 1.54) is 0 Å². The molecule has 2 aromatic heterocycles. The van der Waals surface area contributed by atoms with Gasteiger partial charge >= 0.3 is 0 Å². The van der Waals surface area contributed by atoms with Crippen LogP contribution in [0.25, 0.3) is 0 Å². The van der Waals surface area contributed by atoms with Crippen LogP contribution in [0, 0.1) is 0 Å². The van der Waals surface area contributed by atoms with Gasteiger partial charge in [0.1, 0.15) is 17.6 Å². The van der Waals surface area contributed by atoms with Gasteiger partial charge in [0.05, 0.1) is 24.5 Å². The zero-order valence-corrected chi connectivity index (χ0v) is 19.0. The minimum Gasteiger partial charge on any atom is -0.495 e. The molecular weight excluding hydrogens is 438 g/mol. The number of furan rings is 1. The van der Waals surface area contributed by atoms with Crippen molar-refractivity contribution in [2.45, 2.75) is 22.1 Å². The van der Waals surface area contributed by atoms with E-state index in [9.17, 15) is 0 Å². The summed E-state index contributed by atoms with van der Waals surface area (Å²) >= 11 is 7.37. The van der Waals surface area contributed by atoms with Gasteiger partial charge < -0.3 is 19.4 Å². The van der Waals surface area contributed by atoms with Crippen molar-refractivity contribution < 1.29 is 9.15 Å². The Morgan fingerprint density at radius 1 is 0.969 bits per heavy atom. The summed E-state index contributed by atoms with van der Waals surface area (Å²) in [6, 6.07) is 27.6. The maximum absolute atomic E-state index is 6.35. The Balaban J connectivity index is 1.56. The van der Waals surface area contributed by atoms with Gasteiger partial charge in [0.25, 0.3) is 0 Å². The summed E-state index contributed by atoms with van der Waals surface area (Å²) in [5, 5.41) is 4.87. The standard InChI is InChI=1S/C25H21N3O2S2/c1-29-20-13-6-5-12-19(20)28-24(23(27-25(28)31)18-11-7-8-16-26-18)21-14-15-22(30-21)32-17-9-3-2-4-10-17/h2-16,23-24H,1H3,(H,27,31). The number of pyridine rings is 1. The van der Waals surface area contributed by atoms with Crippen LogP contribution in [0.3, 0.4) is 0 Å². The van der Waals surface area contributed by atoms with Crippen LogP contribution in [0.2, 0.25) is 0 Å². The fourth-order valence-corrected chi connectivity index (χ4v) is 5.02. The maximum Gasteiger partial charge on any atom is 0.174 e. The normalized spacial score (nSPS) is 17.9. The van der Waals surface area contributed by atoms with Crippen molar-refractivity contribution in [1.29, 1.82) is 0 Å². The number of nitrogens with zero attached hydrogens (tertiary/aromatic N) is 2. The highest BCUT2D eigenvalue weighted by Gasteiger charge is 2.43. The Labute approximate surface area is 196 Å². The Morgan fingerprint density at radius 2 is 1.75 bits per heavy atom. The molecule has 1 aliphatic rings. The SMILES string of the molecule is COc1ccccc1N1C(=S)NC(c2ccccn2)C1c1ccc(Sc2ccccc2)o1. The molecule has 1 N–H and O–H groups in total. The number of nitrogens with one attached hydrogen (secondary N) is 1. The second kappa shape index (κ2) is 9.06. The van der Waals surface area contributed by atoms with Crippen LogP contribution in [-0.2, 0) is 0 Å². The molecule has 0 spiro atoms. The molecule has 2 aromatic carbocycles. The number of hydrogen-bond donors (Lipinski definition) is 1. The lowest BCUT2D eigenvalue weighted by Crippen LogP contribution is -2.29. The number of benzene rings is 2. The minimum atomic E-state index is -0.223. The van der Waals surface area contributed by atoms with Gasteiger partial charge in [-0.15, -0.1) is 0 Å². The molecule has 0 aliphatic carbocycles. The van der Waals surface area contributed by atoms with E-state index in [2.05, 4.69) is 27.3 Å². The fourth-order valence-electron chi connectivity index (χ4n) is 3.88. The molecular formula is C25H21N3O2S2. The molecule has 160 valence electrons. The summed E-state index contributed by atoms with van der Waals surface area (Å²) in [5.41, 5.74) is 1.77. The quantitative estimate of drug-likeness (QED) is 0.354. The molecule has 1 fully saturated rings. The molecule has 7 heteroatoms. The second-order valence-electron chi connectivity index (χ2n) is 7.24. The third-order valence-electron chi connectivity index (χ3n) is 5.30. The molecule has 0 bridgehead atoms. The van der Waals surface area contributed by atoms with Crippen LogP contribution in [0.4, 0.5) is 5.69 Å². The lowest BCUT2D eigenvalue weighted by Gasteiger charge is -2.27. The van der Waals surface area contributed by atoms with E-state index in [1.807, 2.05) is 72.8 Å². The first-order chi connectivity index (χ1) is 15.7. The molecule has 0 radical (unpaired) electrons. The smallest absolute Gasteiger partial charge is 0.174 e. The summed E-state index contributed by atoms with van der Waals surface area (Å²) in [5.74, 6) is 1.55. The molecule has 4 aromatic rings. The zero-order valence-electron chi connectivity index (χ0n) is 17.3. The largest absolute Gasteiger partial charge is 0.495 e. The van der Waals surface area contributed by atoms with Crippen molar-refractivity contribution in [3.05, 3.63) is 103 Å². The average molecular weight is 460 g/mol. The molecule has 0 amide bonds. The van der Waals surface area contributed by atoms with Crippen LogP contribution in [0.15, 0.2) is 106 Å². The van der Waals surface area contributed by atoms with Gasteiger partial charge in [0, 0.05) is 11.1 Å². The summed E-state index contributed by atoms with van der Waals surface area (Å²) in [4.78, 5) is 7.77. The average Bonchev–Trinajstić information content (AvgIpc) is 3.44. The highest BCUT2D eigenvalue weighted by molar-refractivity contribution is 7.99. The number of ether oxygens (including phenoxy) is 1. The molecule has 1 saturated heterocycles. The molecule has 1 aliphatic heterocycles. The monoisotopic (exact) mass is 459 g/mol. The van der Waals surface area contributed by atoms with Crippen LogP contribution >= 0.6 is 24.0 Å². The van der Waals surface area contributed by atoms with Crippen LogP contribution in [0.5, 0.6) is 5.75 Å². The number of rotatable bonds is 6. The van der Waals surface area contributed by atoms with Crippen molar-refractivity contribution in [2.24, 2.45) is 0 Å². The lowest BCUT2D eigenvalue weighted by atomic mass is 10.0. The van der Waals surface area contributed by atoms with Crippen molar-refractivity contribution in [1.82, 2.24) is 10.3 Å². The molecule has 2 unspecified atom stereocenters. The summed E-state index contributed by atoms with van der Waals surface area (Å²) in [6.45, 7) is 0. The van der Waals surface area contributed by atoms with Crippen molar-refractivity contribution >= 4 is 34.8 Å². The Morgan fingerprint density at radius 3 is 2.53 bits per heavy atom. The van der Waals surface area contributed by atoms with E-state index in [4.69, 9.17) is 21.4 Å². The van der Waals surface area contributed by atoms with E-state index in [0.717, 1.165) is 32.9 Å². The summed E-state index contributed by atoms with van der Waals surface area (Å²) in [7, 11) is 1.66. The van der Waals surface area contributed by atoms with Gasteiger partial charge in [-0.3, -0.25) is 4.98 Å². The number of anilines is 1. The first-order valence-electron chi connectivity index (χ1n) is 10.2. The predicted molar refractivity (Wildman–Crippen MR) is 130 cm³/mol. The highest BCUT2D eigenvalue weighted by Crippen LogP contribution is 2.45. The van der Waals surface area contributed by atoms with Crippen molar-refractivity contribution in [2.75, 3.05) is 12.0 Å². The Kier molecular flexibility index (Phi) is 5.83. The van der Waals surface area contributed by atoms with Crippen molar-refractivity contribution in [3.8, 4) is 5.75 Å². The van der Waals surface area contributed by atoms with Crippen LogP contribution in [0.1, 0.15) is 23.5 Å². The van der Waals surface area contributed by atoms with Gasteiger partial charge in [0.2, 0.25) is 0 Å². The predicted octanol–water partition coefficient (Wildman–Crippen LogP) is 6.01. The summed E-state index contributed by atoms with van der Waals surface area (Å²) in [6.07, 6.45) is 1.79. The first-order valence-corrected chi connectivity index (χ1v) is 11.4. The maximum atomic E-state index is 6.35. The minimum absolute atomic E-state index is 0.172. The third kappa shape index (κ3) is 3.97. The molecule has 2 atom stereocenters. The molecule has 5 nitrogen and oxygen atoms in total. The molecule has 5 rings (SSSR count). The van der Waals surface area contributed by atoms with E-state index in [0.29, 0.717) is 5.11 Å². The number of hydrogen-bond acceptors (Lipinski definition) is 5. The van der Waals surface area contributed by atoms with Gasteiger partial charge in [-0.05, 0) is 60.7 Å². The van der Waals surface area contributed by atoms with E-state index in [-0.39, 0.29) is 12.1 Å². The van der Waals surface area contributed by atoms with E-state index >= 15 is 0 Å². The van der Waals surface area contributed by atoms with Gasteiger partial charge in [-0.2, -0.15) is 0 Å². The van der Waals surface area contributed by atoms with E-state index < -0.39 is 0 Å². The molecule has 32 heavy (non-hydrogen) atoms. The van der Waals surface area contributed by atoms with Crippen LogP contribution in [-0.4, -0.2) is 17.2 Å². The number of methoxy groups -OCH3 is 1. The fraction of sp³-hybridized carbons (Fsp3) is 0.120.